The highest BCUT2D eigenvalue weighted by Gasteiger charge is 2.08. The van der Waals surface area contributed by atoms with Gasteiger partial charge < -0.3 is 10.6 Å². The lowest BCUT2D eigenvalue weighted by Gasteiger charge is -2.14. The molecule has 0 fully saturated rings. The van der Waals surface area contributed by atoms with E-state index in [9.17, 15) is 4.79 Å². The van der Waals surface area contributed by atoms with E-state index < -0.39 is 0 Å². The van der Waals surface area contributed by atoms with Gasteiger partial charge in [0.15, 0.2) is 5.78 Å². The summed E-state index contributed by atoms with van der Waals surface area (Å²) in [6, 6.07) is 13.5. The van der Waals surface area contributed by atoms with Crippen LogP contribution in [0.3, 0.4) is 0 Å². The third-order valence-corrected chi connectivity index (χ3v) is 4.33. The van der Waals surface area contributed by atoms with E-state index in [2.05, 4.69) is 53.5 Å². The lowest BCUT2D eigenvalue weighted by molar-refractivity contribution is 0.101. The number of benzene rings is 2. The average molecular weight is 360 g/mol. The van der Waals surface area contributed by atoms with Gasteiger partial charge in [-0.3, -0.25) is 4.79 Å². The molecule has 1 heterocycles. The Kier molecular flexibility index (Phi) is 5.21. The zero-order valence-corrected chi connectivity index (χ0v) is 16.3. The number of ketones is 1. The van der Waals surface area contributed by atoms with Gasteiger partial charge in [0, 0.05) is 28.7 Å². The van der Waals surface area contributed by atoms with Crippen LogP contribution < -0.4 is 10.6 Å². The summed E-state index contributed by atoms with van der Waals surface area (Å²) in [6.45, 7) is 9.74. The molecule has 0 aliphatic heterocycles. The largest absolute Gasteiger partial charge is 0.340 e. The van der Waals surface area contributed by atoms with E-state index in [0.29, 0.717) is 17.3 Å². The van der Waals surface area contributed by atoms with Gasteiger partial charge in [-0.2, -0.15) is 4.98 Å². The van der Waals surface area contributed by atoms with Crippen molar-refractivity contribution in [3.05, 3.63) is 70.4 Å². The molecule has 5 heteroatoms. The third-order valence-electron chi connectivity index (χ3n) is 4.33. The van der Waals surface area contributed by atoms with E-state index in [-0.39, 0.29) is 5.78 Å². The Bertz CT molecular complexity index is 971. The average Bonchev–Trinajstić information content (AvgIpc) is 2.58. The molecule has 3 rings (SSSR count). The van der Waals surface area contributed by atoms with Gasteiger partial charge in [0.1, 0.15) is 5.82 Å². The molecule has 0 bridgehead atoms. The highest BCUT2D eigenvalue weighted by molar-refractivity contribution is 5.94. The summed E-state index contributed by atoms with van der Waals surface area (Å²) in [7, 11) is 0. The minimum atomic E-state index is 0.0507. The Hall–Kier alpha value is -3.21. The summed E-state index contributed by atoms with van der Waals surface area (Å²) in [5.41, 5.74) is 7.00. The second-order valence-corrected chi connectivity index (χ2v) is 6.88. The number of hydrogen-bond acceptors (Lipinski definition) is 5. The first-order valence-corrected chi connectivity index (χ1v) is 8.90. The number of rotatable bonds is 5. The Labute approximate surface area is 159 Å². The Balaban J connectivity index is 1.85. The van der Waals surface area contributed by atoms with E-state index >= 15 is 0 Å². The molecule has 0 unspecified atom stereocenters. The number of aryl methyl sites for hydroxylation is 4. The second-order valence-electron chi connectivity index (χ2n) is 6.88. The molecule has 27 heavy (non-hydrogen) atoms. The lowest BCUT2D eigenvalue weighted by Crippen LogP contribution is -2.04. The fraction of sp³-hybridized carbons (Fsp3) is 0.227. The number of aromatic nitrogens is 2. The van der Waals surface area contributed by atoms with Crippen molar-refractivity contribution in [3.63, 3.8) is 0 Å². The number of carbonyl (C=O) groups is 1. The summed E-state index contributed by atoms with van der Waals surface area (Å²) < 4.78 is 0. The van der Waals surface area contributed by atoms with Crippen molar-refractivity contribution in [1.29, 1.82) is 0 Å². The SMILES string of the molecule is CC(=O)c1ccc(Nc2cc(C)nc(Nc3c(C)cc(C)cc3C)n2)cc1. The first kappa shape index (κ1) is 18.6. The van der Waals surface area contributed by atoms with Crippen molar-refractivity contribution in [2.75, 3.05) is 10.6 Å². The fourth-order valence-corrected chi connectivity index (χ4v) is 3.11. The van der Waals surface area contributed by atoms with Crippen molar-refractivity contribution in [1.82, 2.24) is 9.97 Å². The number of anilines is 4. The number of nitrogens with zero attached hydrogens (tertiary/aromatic N) is 2. The lowest BCUT2D eigenvalue weighted by atomic mass is 10.1. The highest BCUT2D eigenvalue weighted by atomic mass is 16.1. The smallest absolute Gasteiger partial charge is 0.229 e. The minimum absolute atomic E-state index is 0.0507. The maximum absolute atomic E-state index is 11.4. The first-order valence-electron chi connectivity index (χ1n) is 8.90. The predicted octanol–water partition coefficient (Wildman–Crippen LogP) is 5.40. The number of Topliss-reactive ketones (excluding diaryl/α,β-unsaturated/α-hetero) is 1. The van der Waals surface area contributed by atoms with Crippen molar-refractivity contribution >= 4 is 28.9 Å². The van der Waals surface area contributed by atoms with Gasteiger partial charge in [-0.15, -0.1) is 0 Å². The highest BCUT2D eigenvalue weighted by Crippen LogP contribution is 2.25. The number of nitrogens with one attached hydrogen (secondary N) is 2. The van der Waals surface area contributed by atoms with Crippen LogP contribution in [-0.4, -0.2) is 15.8 Å². The predicted molar refractivity (Wildman–Crippen MR) is 110 cm³/mol. The van der Waals surface area contributed by atoms with Gasteiger partial charge in [-0.25, -0.2) is 4.98 Å². The summed E-state index contributed by atoms with van der Waals surface area (Å²) in [6.07, 6.45) is 0. The molecule has 2 aromatic carbocycles. The van der Waals surface area contributed by atoms with Gasteiger partial charge in [0.2, 0.25) is 5.95 Å². The molecule has 0 aliphatic carbocycles. The number of hydrogen-bond donors (Lipinski definition) is 2. The molecule has 3 aromatic rings. The molecule has 0 saturated carbocycles. The summed E-state index contributed by atoms with van der Waals surface area (Å²) in [5.74, 6) is 1.30. The topological polar surface area (TPSA) is 66.9 Å². The molecule has 1 aromatic heterocycles. The molecule has 5 nitrogen and oxygen atoms in total. The maximum Gasteiger partial charge on any atom is 0.229 e. The van der Waals surface area contributed by atoms with Crippen LogP contribution in [-0.2, 0) is 0 Å². The molecule has 0 saturated heterocycles. The van der Waals surface area contributed by atoms with Crippen molar-refractivity contribution in [3.8, 4) is 0 Å². The van der Waals surface area contributed by atoms with Crippen molar-refractivity contribution < 1.29 is 4.79 Å². The minimum Gasteiger partial charge on any atom is -0.340 e. The molecule has 0 radical (unpaired) electrons. The van der Waals surface area contributed by atoms with Crippen LogP contribution in [0.1, 0.15) is 39.7 Å². The Morgan fingerprint density at radius 1 is 0.852 bits per heavy atom. The van der Waals surface area contributed by atoms with Crippen LogP contribution in [0.15, 0.2) is 42.5 Å². The van der Waals surface area contributed by atoms with Crippen LogP contribution in [0, 0.1) is 27.7 Å². The van der Waals surface area contributed by atoms with Gasteiger partial charge >= 0.3 is 0 Å². The zero-order chi connectivity index (χ0) is 19.6. The van der Waals surface area contributed by atoms with Crippen LogP contribution >= 0.6 is 0 Å². The Morgan fingerprint density at radius 3 is 2.07 bits per heavy atom. The van der Waals surface area contributed by atoms with Gasteiger partial charge in [0.05, 0.1) is 0 Å². The molecule has 0 aliphatic rings. The molecular weight excluding hydrogens is 336 g/mol. The normalized spacial score (nSPS) is 10.6. The Morgan fingerprint density at radius 2 is 1.48 bits per heavy atom. The van der Waals surface area contributed by atoms with E-state index in [0.717, 1.165) is 28.2 Å². The van der Waals surface area contributed by atoms with E-state index in [1.54, 1.807) is 19.1 Å². The summed E-state index contributed by atoms with van der Waals surface area (Å²) in [5, 5.41) is 6.62. The van der Waals surface area contributed by atoms with Gasteiger partial charge in [0.25, 0.3) is 0 Å². The summed E-state index contributed by atoms with van der Waals surface area (Å²) >= 11 is 0. The third kappa shape index (κ3) is 4.50. The number of carbonyl (C=O) groups excluding carboxylic acids is 1. The zero-order valence-electron chi connectivity index (χ0n) is 16.3. The fourth-order valence-electron chi connectivity index (χ4n) is 3.11. The molecule has 2 N–H and O–H groups in total. The monoisotopic (exact) mass is 360 g/mol. The molecule has 138 valence electrons. The van der Waals surface area contributed by atoms with Gasteiger partial charge in [-0.1, -0.05) is 17.7 Å². The standard InChI is InChI=1S/C22H24N4O/c1-13-10-14(2)21(15(3)11-13)26-22-23-16(4)12-20(25-22)24-19-8-6-18(7-9-19)17(5)27/h6-12H,1-5H3,(H2,23,24,25,26). The molecule has 0 amide bonds. The molecule has 0 spiro atoms. The maximum atomic E-state index is 11.4. The quantitative estimate of drug-likeness (QED) is 0.596. The molecular formula is C22H24N4O. The van der Waals surface area contributed by atoms with Crippen LogP contribution in [0.5, 0.6) is 0 Å². The second kappa shape index (κ2) is 7.58. The first-order chi connectivity index (χ1) is 12.8. The summed E-state index contributed by atoms with van der Waals surface area (Å²) in [4.78, 5) is 20.5. The van der Waals surface area contributed by atoms with Crippen LogP contribution in [0.4, 0.5) is 23.1 Å². The van der Waals surface area contributed by atoms with Crippen LogP contribution in [0.25, 0.3) is 0 Å². The van der Waals surface area contributed by atoms with E-state index in [1.165, 1.54) is 5.56 Å². The van der Waals surface area contributed by atoms with Crippen molar-refractivity contribution in [2.45, 2.75) is 34.6 Å². The van der Waals surface area contributed by atoms with Crippen LogP contribution in [0.2, 0.25) is 0 Å². The van der Waals surface area contributed by atoms with Gasteiger partial charge in [-0.05, 0) is 70.0 Å². The molecule has 0 atom stereocenters. The van der Waals surface area contributed by atoms with E-state index in [1.807, 2.05) is 25.1 Å². The van der Waals surface area contributed by atoms with E-state index in [4.69, 9.17) is 0 Å². The van der Waals surface area contributed by atoms with Crippen molar-refractivity contribution in [2.24, 2.45) is 0 Å².